The molecular weight excluding hydrogens is 250 g/mol. The van der Waals surface area contributed by atoms with Crippen molar-refractivity contribution in [2.45, 2.75) is 19.8 Å². The largest absolute Gasteiger partial charge is 0.303 e. The van der Waals surface area contributed by atoms with Crippen molar-refractivity contribution in [3.8, 4) is 0 Å². The van der Waals surface area contributed by atoms with Crippen LogP contribution < -0.4 is 4.90 Å². The maximum atomic E-state index is 11.9. The molecule has 0 aromatic heterocycles. The van der Waals surface area contributed by atoms with Gasteiger partial charge in [-0.1, -0.05) is 24.9 Å². The fourth-order valence-corrected chi connectivity index (χ4v) is 2.07. The number of hydrogen-bond acceptors (Lipinski definition) is 2. The van der Waals surface area contributed by atoms with Crippen LogP contribution in [0.1, 0.15) is 19.8 Å². The van der Waals surface area contributed by atoms with E-state index in [-0.39, 0.29) is 18.4 Å². The molecule has 1 aliphatic rings. The second kappa shape index (κ2) is 5.40. The second-order valence-corrected chi connectivity index (χ2v) is 4.72. The van der Waals surface area contributed by atoms with Crippen LogP contribution in [0.5, 0.6) is 0 Å². The molecule has 1 saturated heterocycles. The van der Waals surface area contributed by atoms with E-state index < -0.39 is 0 Å². The van der Waals surface area contributed by atoms with Gasteiger partial charge in [-0.3, -0.25) is 15.1 Å². The highest BCUT2D eigenvalue weighted by atomic mass is 35.5. The Morgan fingerprint density at radius 2 is 2.00 bits per heavy atom. The van der Waals surface area contributed by atoms with Crippen molar-refractivity contribution < 1.29 is 4.79 Å². The zero-order chi connectivity index (χ0) is 13.1. The van der Waals surface area contributed by atoms with Gasteiger partial charge >= 0.3 is 0 Å². The number of anilines is 1. The summed E-state index contributed by atoms with van der Waals surface area (Å²) in [6, 6.07) is 7.19. The van der Waals surface area contributed by atoms with E-state index in [4.69, 9.17) is 17.0 Å². The molecule has 0 radical (unpaired) electrons. The Hall–Kier alpha value is -1.55. The number of unbranched alkanes of at least 4 members (excludes halogenated alkanes) is 1. The van der Waals surface area contributed by atoms with Gasteiger partial charge in [0, 0.05) is 17.3 Å². The fourth-order valence-electron chi connectivity index (χ4n) is 1.94. The van der Waals surface area contributed by atoms with Gasteiger partial charge in [0.2, 0.25) is 11.9 Å². The first kappa shape index (κ1) is 12.9. The summed E-state index contributed by atoms with van der Waals surface area (Å²) in [7, 11) is 0. The van der Waals surface area contributed by atoms with Crippen molar-refractivity contribution in [1.82, 2.24) is 4.90 Å². The van der Waals surface area contributed by atoms with Crippen LogP contribution in [0.4, 0.5) is 5.69 Å². The van der Waals surface area contributed by atoms with E-state index in [1.54, 1.807) is 17.0 Å². The molecule has 1 aromatic rings. The monoisotopic (exact) mass is 265 g/mol. The maximum absolute atomic E-state index is 11.9. The van der Waals surface area contributed by atoms with E-state index in [1.807, 2.05) is 12.1 Å². The average Bonchev–Trinajstić information content (AvgIpc) is 2.64. The normalized spacial score (nSPS) is 15.7. The molecule has 18 heavy (non-hydrogen) atoms. The molecule has 4 nitrogen and oxygen atoms in total. The molecule has 0 spiro atoms. The first-order valence-electron chi connectivity index (χ1n) is 6.05. The molecular formula is C13H16ClN3O. The third kappa shape index (κ3) is 2.48. The standard InChI is InChI=1S/C13H16ClN3O/c1-2-3-8-16-12(18)9-17(13(16)15)11-6-4-10(14)5-7-11/h4-7,15H,2-3,8-9H2,1H3. The minimum absolute atomic E-state index is 0.0107. The Kier molecular flexibility index (Phi) is 3.87. The Balaban J connectivity index is 2.14. The molecule has 0 atom stereocenters. The molecule has 5 heteroatoms. The van der Waals surface area contributed by atoms with Gasteiger partial charge in [0.05, 0.1) is 0 Å². The minimum atomic E-state index is -0.0107. The van der Waals surface area contributed by atoms with Crippen LogP contribution in [0.15, 0.2) is 24.3 Å². The molecule has 0 saturated carbocycles. The van der Waals surface area contributed by atoms with E-state index in [1.165, 1.54) is 4.90 Å². The Morgan fingerprint density at radius 1 is 1.33 bits per heavy atom. The van der Waals surface area contributed by atoms with E-state index in [0.717, 1.165) is 18.5 Å². The summed E-state index contributed by atoms with van der Waals surface area (Å²) in [6.45, 7) is 2.93. The molecule has 0 bridgehead atoms. The van der Waals surface area contributed by atoms with Gasteiger partial charge in [-0.2, -0.15) is 0 Å². The molecule has 1 fully saturated rings. The third-order valence-electron chi connectivity index (χ3n) is 2.98. The molecule has 0 unspecified atom stereocenters. The molecule has 96 valence electrons. The smallest absolute Gasteiger partial charge is 0.249 e. The van der Waals surface area contributed by atoms with E-state index in [9.17, 15) is 4.79 Å². The number of carbonyl (C=O) groups excluding carboxylic acids is 1. The highest BCUT2D eigenvalue weighted by Gasteiger charge is 2.33. The van der Waals surface area contributed by atoms with Crippen LogP contribution in [-0.2, 0) is 4.79 Å². The zero-order valence-corrected chi connectivity index (χ0v) is 11.1. The number of nitrogens with zero attached hydrogens (tertiary/aromatic N) is 2. The van der Waals surface area contributed by atoms with Gasteiger partial charge in [0.15, 0.2) is 0 Å². The Morgan fingerprint density at radius 3 is 2.61 bits per heavy atom. The molecule has 1 amide bonds. The lowest BCUT2D eigenvalue weighted by atomic mass is 10.3. The summed E-state index contributed by atoms with van der Waals surface area (Å²) in [5, 5.41) is 8.71. The van der Waals surface area contributed by atoms with Crippen LogP contribution >= 0.6 is 11.6 Å². The SMILES string of the molecule is CCCCN1C(=N)N(c2ccc(Cl)cc2)CC1=O. The van der Waals surface area contributed by atoms with Crippen LogP contribution in [0, 0.1) is 5.41 Å². The first-order chi connectivity index (χ1) is 8.63. The van der Waals surface area contributed by atoms with Crippen molar-refractivity contribution in [3.63, 3.8) is 0 Å². The number of nitrogens with one attached hydrogen (secondary N) is 1. The van der Waals surface area contributed by atoms with Crippen LogP contribution in [0.25, 0.3) is 0 Å². The lowest BCUT2D eigenvalue weighted by molar-refractivity contribution is -0.124. The summed E-state index contributed by atoms with van der Waals surface area (Å²) in [6.07, 6.45) is 1.93. The Labute approximate surface area is 112 Å². The molecule has 1 aliphatic heterocycles. The topological polar surface area (TPSA) is 47.4 Å². The zero-order valence-electron chi connectivity index (χ0n) is 10.3. The van der Waals surface area contributed by atoms with Gasteiger partial charge in [-0.15, -0.1) is 0 Å². The summed E-state index contributed by atoms with van der Waals surface area (Å²) in [4.78, 5) is 15.1. The average molecular weight is 266 g/mol. The quantitative estimate of drug-likeness (QED) is 0.910. The molecule has 0 aliphatic carbocycles. The van der Waals surface area contributed by atoms with E-state index in [0.29, 0.717) is 11.6 Å². The van der Waals surface area contributed by atoms with Gasteiger partial charge in [0.25, 0.3) is 0 Å². The number of halogens is 1. The lowest BCUT2D eigenvalue weighted by Crippen LogP contribution is -2.34. The first-order valence-corrected chi connectivity index (χ1v) is 6.43. The Bertz CT molecular complexity index is 458. The predicted octanol–water partition coefficient (Wildman–Crippen LogP) is 2.72. The number of carbonyl (C=O) groups is 1. The van der Waals surface area contributed by atoms with Crippen molar-refractivity contribution in [2.24, 2.45) is 0 Å². The third-order valence-corrected chi connectivity index (χ3v) is 3.23. The van der Waals surface area contributed by atoms with Crippen LogP contribution in [0.2, 0.25) is 5.02 Å². The summed E-state index contributed by atoms with van der Waals surface area (Å²) in [5.41, 5.74) is 0.830. The van der Waals surface area contributed by atoms with Crippen LogP contribution in [0.3, 0.4) is 0 Å². The summed E-state index contributed by atoms with van der Waals surface area (Å²) >= 11 is 5.83. The number of rotatable bonds is 4. The second-order valence-electron chi connectivity index (χ2n) is 4.29. The molecule has 1 aromatic carbocycles. The summed E-state index contributed by atoms with van der Waals surface area (Å²) < 4.78 is 0. The van der Waals surface area contributed by atoms with Gasteiger partial charge in [0.1, 0.15) is 6.54 Å². The molecule has 2 rings (SSSR count). The number of hydrogen-bond donors (Lipinski definition) is 1. The highest BCUT2D eigenvalue weighted by molar-refractivity contribution is 6.30. The lowest BCUT2D eigenvalue weighted by Gasteiger charge is -2.20. The number of guanidine groups is 1. The van der Waals surface area contributed by atoms with Crippen molar-refractivity contribution in [1.29, 1.82) is 5.41 Å². The van der Waals surface area contributed by atoms with E-state index >= 15 is 0 Å². The highest BCUT2D eigenvalue weighted by Crippen LogP contribution is 2.22. The number of benzene rings is 1. The fraction of sp³-hybridized carbons (Fsp3) is 0.385. The maximum Gasteiger partial charge on any atom is 0.249 e. The van der Waals surface area contributed by atoms with E-state index in [2.05, 4.69) is 6.92 Å². The molecule has 1 heterocycles. The molecule has 1 N–H and O–H groups in total. The number of amides is 1. The van der Waals surface area contributed by atoms with Gasteiger partial charge < -0.3 is 4.90 Å². The van der Waals surface area contributed by atoms with Crippen molar-refractivity contribution in [2.75, 3.05) is 18.0 Å². The minimum Gasteiger partial charge on any atom is -0.303 e. The predicted molar refractivity (Wildman–Crippen MR) is 73.1 cm³/mol. The van der Waals surface area contributed by atoms with Crippen molar-refractivity contribution in [3.05, 3.63) is 29.3 Å². The van der Waals surface area contributed by atoms with Crippen LogP contribution in [-0.4, -0.2) is 29.9 Å². The van der Waals surface area contributed by atoms with Gasteiger partial charge in [-0.05, 0) is 30.7 Å². The van der Waals surface area contributed by atoms with Crippen molar-refractivity contribution >= 4 is 29.2 Å². The van der Waals surface area contributed by atoms with Gasteiger partial charge in [-0.25, -0.2) is 0 Å². The summed E-state index contributed by atoms with van der Waals surface area (Å²) in [5.74, 6) is 0.249.